The predicted molar refractivity (Wildman–Crippen MR) is 79.9 cm³/mol. The summed E-state index contributed by atoms with van der Waals surface area (Å²) in [4.78, 5) is -0.0678. The van der Waals surface area contributed by atoms with E-state index in [4.69, 9.17) is 4.55 Å². The van der Waals surface area contributed by atoms with Gasteiger partial charge in [-0.05, 0) is 41.5 Å². The summed E-state index contributed by atoms with van der Waals surface area (Å²) in [6, 6.07) is 8.91. The molecule has 3 rings (SSSR count). The Kier molecular flexibility index (Phi) is 2.65. The Morgan fingerprint density at radius 1 is 1.20 bits per heavy atom. The van der Waals surface area contributed by atoms with E-state index in [0.717, 1.165) is 16.5 Å². The van der Waals surface area contributed by atoms with Crippen LogP contribution < -0.4 is 5.32 Å². The molecule has 5 heteroatoms. The van der Waals surface area contributed by atoms with Gasteiger partial charge >= 0.3 is 0 Å². The van der Waals surface area contributed by atoms with Gasteiger partial charge in [0.05, 0.1) is 4.90 Å². The molecule has 0 amide bonds. The Morgan fingerprint density at radius 2 is 1.90 bits per heavy atom. The van der Waals surface area contributed by atoms with Gasteiger partial charge in [-0.25, -0.2) is 0 Å². The Bertz CT molecular complexity index is 809. The third-order valence-corrected chi connectivity index (χ3v) is 5.24. The van der Waals surface area contributed by atoms with E-state index in [2.05, 4.69) is 26.1 Å². The maximum Gasteiger partial charge on any atom is 0.294 e. The van der Waals surface area contributed by atoms with Crippen LogP contribution in [0.3, 0.4) is 0 Å². The molecule has 2 aromatic carbocycles. The van der Waals surface area contributed by atoms with Gasteiger partial charge in [-0.1, -0.05) is 26.0 Å². The van der Waals surface area contributed by atoms with E-state index in [1.165, 1.54) is 17.7 Å². The lowest BCUT2D eigenvalue weighted by Crippen LogP contribution is -2.30. The molecule has 0 saturated heterocycles. The highest BCUT2D eigenvalue weighted by atomic mass is 32.2. The first-order chi connectivity index (χ1) is 9.21. The van der Waals surface area contributed by atoms with Gasteiger partial charge in [0.15, 0.2) is 0 Å². The van der Waals surface area contributed by atoms with Gasteiger partial charge in [-0.3, -0.25) is 4.55 Å². The first-order valence-electron chi connectivity index (χ1n) is 6.52. The van der Waals surface area contributed by atoms with Crippen LogP contribution in [0.4, 0.5) is 5.69 Å². The van der Waals surface area contributed by atoms with Crippen molar-refractivity contribution in [2.45, 2.75) is 37.1 Å². The molecule has 0 fully saturated rings. The highest BCUT2D eigenvalue weighted by Crippen LogP contribution is 2.44. The standard InChI is InChI=1S/C15H17NO3S/c1-9-15(2,3)14-12-6-5-11(20(17,18)19)8-10(12)4-7-13(14)16-9/h4-9,16H,1-3H3,(H,17,18,19). The SMILES string of the molecule is CC1Nc2ccc3cc(S(=O)(=O)O)ccc3c2C1(C)C. The lowest BCUT2D eigenvalue weighted by Gasteiger charge is -2.25. The van der Waals surface area contributed by atoms with Crippen LogP contribution in [0.5, 0.6) is 0 Å². The van der Waals surface area contributed by atoms with E-state index in [0.29, 0.717) is 6.04 Å². The molecule has 0 spiro atoms. The van der Waals surface area contributed by atoms with Crippen molar-refractivity contribution < 1.29 is 13.0 Å². The van der Waals surface area contributed by atoms with Crippen molar-refractivity contribution in [1.29, 1.82) is 0 Å². The second-order valence-electron chi connectivity index (χ2n) is 5.93. The van der Waals surface area contributed by atoms with Gasteiger partial charge in [0.25, 0.3) is 10.1 Å². The first-order valence-corrected chi connectivity index (χ1v) is 7.96. The van der Waals surface area contributed by atoms with Crippen LogP contribution >= 0.6 is 0 Å². The summed E-state index contributed by atoms with van der Waals surface area (Å²) in [5.74, 6) is 0. The minimum absolute atomic E-state index is 0.0333. The minimum atomic E-state index is -4.16. The lowest BCUT2D eigenvalue weighted by molar-refractivity contribution is 0.483. The number of anilines is 1. The number of fused-ring (bicyclic) bond motifs is 3. The number of hydrogen-bond acceptors (Lipinski definition) is 3. The molecule has 0 radical (unpaired) electrons. The van der Waals surface area contributed by atoms with Gasteiger partial charge in [0.2, 0.25) is 0 Å². The summed E-state index contributed by atoms with van der Waals surface area (Å²) in [6.45, 7) is 6.48. The van der Waals surface area contributed by atoms with E-state index in [1.54, 1.807) is 6.07 Å². The quantitative estimate of drug-likeness (QED) is 0.792. The minimum Gasteiger partial charge on any atom is -0.381 e. The fourth-order valence-corrected chi connectivity index (χ4v) is 3.43. The van der Waals surface area contributed by atoms with E-state index in [-0.39, 0.29) is 10.3 Å². The Hall–Kier alpha value is -1.59. The second kappa shape index (κ2) is 3.96. The Labute approximate surface area is 118 Å². The second-order valence-corrected chi connectivity index (χ2v) is 7.36. The largest absolute Gasteiger partial charge is 0.381 e. The molecule has 4 nitrogen and oxygen atoms in total. The summed E-state index contributed by atoms with van der Waals surface area (Å²) in [5, 5.41) is 5.30. The maximum absolute atomic E-state index is 11.2. The third-order valence-electron chi connectivity index (χ3n) is 4.39. The van der Waals surface area contributed by atoms with Crippen LogP contribution in [-0.4, -0.2) is 19.0 Å². The van der Waals surface area contributed by atoms with E-state index in [1.807, 2.05) is 12.1 Å². The molecule has 20 heavy (non-hydrogen) atoms. The number of rotatable bonds is 1. The van der Waals surface area contributed by atoms with Crippen molar-refractivity contribution in [2.75, 3.05) is 5.32 Å². The molecular weight excluding hydrogens is 274 g/mol. The summed E-state index contributed by atoms with van der Waals surface area (Å²) in [7, 11) is -4.16. The maximum atomic E-state index is 11.2. The topological polar surface area (TPSA) is 66.4 Å². The van der Waals surface area contributed by atoms with E-state index >= 15 is 0 Å². The summed E-state index contributed by atoms with van der Waals surface area (Å²) in [6.07, 6.45) is 0. The summed E-state index contributed by atoms with van der Waals surface area (Å²) >= 11 is 0. The van der Waals surface area contributed by atoms with Gasteiger partial charge in [0, 0.05) is 17.1 Å². The zero-order chi connectivity index (χ0) is 14.7. The molecule has 0 bridgehead atoms. The van der Waals surface area contributed by atoms with Gasteiger partial charge in [-0.15, -0.1) is 0 Å². The van der Waals surface area contributed by atoms with Crippen molar-refractivity contribution >= 4 is 26.6 Å². The molecule has 0 aliphatic carbocycles. The van der Waals surface area contributed by atoms with Gasteiger partial charge < -0.3 is 5.32 Å². The predicted octanol–water partition coefficient (Wildman–Crippen LogP) is 3.18. The molecule has 2 N–H and O–H groups in total. The lowest BCUT2D eigenvalue weighted by atomic mass is 9.79. The Balaban J connectivity index is 2.32. The first kappa shape index (κ1) is 13.4. The number of nitrogens with one attached hydrogen (secondary N) is 1. The molecule has 106 valence electrons. The highest BCUT2D eigenvalue weighted by Gasteiger charge is 2.37. The number of hydrogen-bond donors (Lipinski definition) is 2. The van der Waals surface area contributed by atoms with Crippen LogP contribution in [0.1, 0.15) is 26.3 Å². The smallest absolute Gasteiger partial charge is 0.294 e. The van der Waals surface area contributed by atoms with Crippen LogP contribution in [-0.2, 0) is 15.5 Å². The Morgan fingerprint density at radius 3 is 2.55 bits per heavy atom. The van der Waals surface area contributed by atoms with Crippen molar-refractivity contribution in [3.05, 3.63) is 35.9 Å². The zero-order valence-electron chi connectivity index (χ0n) is 11.6. The van der Waals surface area contributed by atoms with E-state index < -0.39 is 10.1 Å². The molecule has 1 aliphatic heterocycles. The highest BCUT2D eigenvalue weighted by molar-refractivity contribution is 7.85. The molecule has 0 saturated carbocycles. The average Bonchev–Trinajstić information content (AvgIpc) is 2.58. The molecular formula is C15H17NO3S. The van der Waals surface area contributed by atoms with Gasteiger partial charge in [0.1, 0.15) is 0 Å². The van der Waals surface area contributed by atoms with Crippen molar-refractivity contribution in [3.63, 3.8) is 0 Å². The molecule has 1 unspecified atom stereocenters. The molecule has 0 aromatic heterocycles. The fourth-order valence-electron chi connectivity index (χ4n) is 2.91. The molecule has 1 atom stereocenters. The van der Waals surface area contributed by atoms with Crippen LogP contribution in [0, 0.1) is 0 Å². The van der Waals surface area contributed by atoms with Crippen molar-refractivity contribution in [2.24, 2.45) is 0 Å². The monoisotopic (exact) mass is 291 g/mol. The van der Waals surface area contributed by atoms with Crippen molar-refractivity contribution in [1.82, 2.24) is 0 Å². The molecule has 1 heterocycles. The van der Waals surface area contributed by atoms with Crippen LogP contribution in [0.25, 0.3) is 10.8 Å². The fraction of sp³-hybridized carbons (Fsp3) is 0.333. The normalized spacial score (nSPS) is 20.7. The average molecular weight is 291 g/mol. The summed E-state index contributed by atoms with van der Waals surface area (Å²) < 4.78 is 31.6. The molecule has 2 aromatic rings. The summed E-state index contributed by atoms with van der Waals surface area (Å²) in [5.41, 5.74) is 2.26. The van der Waals surface area contributed by atoms with Crippen LogP contribution in [0.15, 0.2) is 35.2 Å². The molecule has 1 aliphatic rings. The number of benzene rings is 2. The van der Waals surface area contributed by atoms with Gasteiger partial charge in [-0.2, -0.15) is 8.42 Å². The van der Waals surface area contributed by atoms with Crippen LogP contribution in [0.2, 0.25) is 0 Å². The third kappa shape index (κ3) is 1.81. The van der Waals surface area contributed by atoms with Crippen molar-refractivity contribution in [3.8, 4) is 0 Å². The van der Waals surface area contributed by atoms with E-state index in [9.17, 15) is 8.42 Å². The zero-order valence-corrected chi connectivity index (χ0v) is 12.5.